The highest BCUT2D eigenvalue weighted by atomic mass is 16.5. The van der Waals surface area contributed by atoms with Crippen molar-refractivity contribution in [2.24, 2.45) is 0 Å². The van der Waals surface area contributed by atoms with E-state index in [-0.39, 0.29) is 0 Å². The van der Waals surface area contributed by atoms with Crippen molar-refractivity contribution in [2.45, 2.75) is 44.1 Å². The second kappa shape index (κ2) is 6.37. The van der Waals surface area contributed by atoms with E-state index < -0.39 is 0 Å². The van der Waals surface area contributed by atoms with Crippen LogP contribution in [0.5, 0.6) is 5.75 Å². The lowest BCUT2D eigenvalue weighted by atomic mass is 9.96. The molecule has 1 aliphatic heterocycles. The van der Waals surface area contributed by atoms with Crippen LogP contribution in [0.15, 0.2) is 18.2 Å². The number of nitrogens with zero attached hydrogens (tertiary/aromatic N) is 1. The minimum absolute atomic E-state index is 0.395. The van der Waals surface area contributed by atoms with Gasteiger partial charge in [0, 0.05) is 18.5 Å². The molecule has 116 valence electrons. The van der Waals surface area contributed by atoms with Crippen LogP contribution in [-0.2, 0) is 12.8 Å². The van der Waals surface area contributed by atoms with Crippen molar-refractivity contribution in [3.63, 3.8) is 0 Å². The predicted molar refractivity (Wildman–Crippen MR) is 87.1 cm³/mol. The number of rotatable bonds is 6. The fraction of sp³-hybridized carbons (Fsp3) is 0.667. The first-order valence-corrected chi connectivity index (χ1v) is 8.32. The Hall–Kier alpha value is -1.06. The van der Waals surface area contributed by atoms with E-state index in [0.717, 1.165) is 38.3 Å². The van der Waals surface area contributed by atoms with E-state index in [2.05, 4.69) is 42.5 Å². The molecule has 21 heavy (non-hydrogen) atoms. The summed E-state index contributed by atoms with van der Waals surface area (Å²) in [6.07, 6.45) is 7.61. The summed E-state index contributed by atoms with van der Waals surface area (Å²) in [6, 6.07) is 6.67. The highest BCUT2D eigenvalue weighted by Crippen LogP contribution is 2.33. The maximum atomic E-state index is 5.57. The first kappa shape index (κ1) is 14.9. The van der Waals surface area contributed by atoms with Gasteiger partial charge in [-0.3, -0.25) is 0 Å². The summed E-state index contributed by atoms with van der Waals surface area (Å²) in [5, 5.41) is 3.69. The second-order valence-corrected chi connectivity index (χ2v) is 6.79. The van der Waals surface area contributed by atoms with Crippen LogP contribution >= 0.6 is 0 Å². The second-order valence-electron chi connectivity index (χ2n) is 6.79. The molecule has 1 aliphatic carbocycles. The Labute approximate surface area is 128 Å². The average Bonchev–Trinajstić information content (AvgIpc) is 3.13. The molecular formula is C18H28N2O. The number of likely N-dealkylation sites (N-methyl/N-ethyl adjacent to an activating group) is 1. The number of ether oxygens (including phenoxy) is 1. The van der Waals surface area contributed by atoms with Gasteiger partial charge in [-0.15, -0.1) is 0 Å². The molecule has 1 fully saturated rings. The number of hydrogen-bond acceptors (Lipinski definition) is 3. The van der Waals surface area contributed by atoms with E-state index in [0.29, 0.717) is 5.54 Å². The number of hydrogen-bond donors (Lipinski definition) is 1. The van der Waals surface area contributed by atoms with Crippen molar-refractivity contribution in [1.29, 1.82) is 0 Å². The molecule has 1 saturated carbocycles. The van der Waals surface area contributed by atoms with Crippen molar-refractivity contribution in [1.82, 2.24) is 10.2 Å². The third-order valence-electron chi connectivity index (χ3n) is 5.28. The Balaban J connectivity index is 1.48. The molecule has 1 aromatic rings. The SMILES string of the molecule is CN(C)C1(CNCCc2ccc3c(c2)CCO3)CCCC1. The molecule has 0 saturated heterocycles. The summed E-state index contributed by atoms with van der Waals surface area (Å²) >= 11 is 0. The molecule has 3 rings (SSSR count). The van der Waals surface area contributed by atoms with E-state index >= 15 is 0 Å². The van der Waals surface area contributed by atoms with Gasteiger partial charge in [-0.05, 0) is 57.1 Å². The first-order chi connectivity index (χ1) is 10.2. The Morgan fingerprint density at radius 2 is 2.05 bits per heavy atom. The van der Waals surface area contributed by atoms with E-state index in [4.69, 9.17) is 4.74 Å². The van der Waals surface area contributed by atoms with Gasteiger partial charge in [-0.25, -0.2) is 0 Å². The van der Waals surface area contributed by atoms with Crippen molar-refractivity contribution < 1.29 is 4.74 Å². The zero-order valence-electron chi connectivity index (χ0n) is 13.5. The molecule has 0 amide bonds. The number of fused-ring (bicyclic) bond motifs is 1. The zero-order valence-corrected chi connectivity index (χ0v) is 13.5. The maximum absolute atomic E-state index is 5.57. The Kier molecular flexibility index (Phi) is 4.51. The molecule has 0 radical (unpaired) electrons. The summed E-state index contributed by atoms with van der Waals surface area (Å²) in [4.78, 5) is 2.43. The molecule has 0 aromatic heterocycles. The van der Waals surface area contributed by atoms with Gasteiger partial charge in [0.25, 0.3) is 0 Å². The van der Waals surface area contributed by atoms with Crippen molar-refractivity contribution in [2.75, 3.05) is 33.8 Å². The molecule has 1 aromatic carbocycles. The minimum Gasteiger partial charge on any atom is -0.493 e. The molecule has 0 atom stereocenters. The average molecular weight is 288 g/mol. The third kappa shape index (κ3) is 3.24. The van der Waals surface area contributed by atoms with Gasteiger partial charge in [0.2, 0.25) is 0 Å². The van der Waals surface area contributed by atoms with Crippen LogP contribution in [0.3, 0.4) is 0 Å². The van der Waals surface area contributed by atoms with E-state index in [1.807, 2.05) is 0 Å². The molecular weight excluding hydrogens is 260 g/mol. The van der Waals surface area contributed by atoms with Crippen LogP contribution in [-0.4, -0.2) is 44.2 Å². The third-order valence-corrected chi connectivity index (χ3v) is 5.28. The van der Waals surface area contributed by atoms with Crippen LogP contribution < -0.4 is 10.1 Å². The fourth-order valence-corrected chi connectivity index (χ4v) is 3.76. The van der Waals surface area contributed by atoms with E-state index in [1.54, 1.807) is 0 Å². The van der Waals surface area contributed by atoms with Crippen LogP contribution in [0.4, 0.5) is 0 Å². The number of benzene rings is 1. The highest BCUT2D eigenvalue weighted by molar-refractivity contribution is 5.39. The molecule has 3 nitrogen and oxygen atoms in total. The van der Waals surface area contributed by atoms with Crippen LogP contribution in [0, 0.1) is 0 Å². The lowest BCUT2D eigenvalue weighted by Gasteiger charge is -2.36. The smallest absolute Gasteiger partial charge is 0.122 e. The van der Waals surface area contributed by atoms with Crippen molar-refractivity contribution in [3.05, 3.63) is 29.3 Å². The minimum atomic E-state index is 0.395. The van der Waals surface area contributed by atoms with Gasteiger partial charge in [-0.1, -0.05) is 25.0 Å². The summed E-state index contributed by atoms with van der Waals surface area (Å²) in [5.41, 5.74) is 3.20. The largest absolute Gasteiger partial charge is 0.493 e. The normalized spacial score (nSPS) is 19.8. The topological polar surface area (TPSA) is 24.5 Å². The molecule has 3 heteroatoms. The standard InChI is InChI=1S/C18H28N2O/c1-20(2)18(9-3-4-10-18)14-19-11-7-15-5-6-17-16(13-15)8-12-21-17/h5-6,13,19H,3-4,7-12,14H2,1-2H3. The molecule has 0 spiro atoms. The van der Waals surface area contributed by atoms with Crippen molar-refractivity contribution >= 4 is 0 Å². The predicted octanol–water partition coefficient (Wildman–Crippen LogP) is 2.63. The van der Waals surface area contributed by atoms with Gasteiger partial charge >= 0.3 is 0 Å². The summed E-state index contributed by atoms with van der Waals surface area (Å²) < 4.78 is 5.57. The first-order valence-electron chi connectivity index (χ1n) is 8.32. The van der Waals surface area contributed by atoms with E-state index in [9.17, 15) is 0 Å². The molecule has 1 N–H and O–H groups in total. The molecule has 0 unspecified atom stereocenters. The van der Waals surface area contributed by atoms with Crippen LogP contribution in [0.25, 0.3) is 0 Å². The van der Waals surface area contributed by atoms with Crippen molar-refractivity contribution in [3.8, 4) is 5.75 Å². The highest BCUT2D eigenvalue weighted by Gasteiger charge is 2.35. The Bertz CT molecular complexity index is 478. The maximum Gasteiger partial charge on any atom is 0.122 e. The lowest BCUT2D eigenvalue weighted by molar-refractivity contribution is 0.154. The van der Waals surface area contributed by atoms with Gasteiger partial charge in [0.15, 0.2) is 0 Å². The molecule has 2 aliphatic rings. The van der Waals surface area contributed by atoms with Gasteiger partial charge < -0.3 is 15.0 Å². The summed E-state index contributed by atoms with van der Waals surface area (Å²) in [6.45, 7) is 3.03. The van der Waals surface area contributed by atoms with Gasteiger partial charge in [-0.2, -0.15) is 0 Å². The van der Waals surface area contributed by atoms with Crippen LogP contribution in [0.1, 0.15) is 36.8 Å². The number of nitrogens with one attached hydrogen (secondary N) is 1. The monoisotopic (exact) mass is 288 g/mol. The van der Waals surface area contributed by atoms with Gasteiger partial charge in [0.05, 0.1) is 6.61 Å². The Morgan fingerprint density at radius 1 is 1.24 bits per heavy atom. The quantitative estimate of drug-likeness (QED) is 0.815. The molecule has 1 heterocycles. The fourth-order valence-electron chi connectivity index (χ4n) is 3.76. The lowest BCUT2D eigenvalue weighted by Crippen LogP contribution is -2.49. The summed E-state index contributed by atoms with van der Waals surface area (Å²) in [7, 11) is 4.46. The van der Waals surface area contributed by atoms with Crippen LogP contribution in [0.2, 0.25) is 0 Å². The Morgan fingerprint density at radius 3 is 2.81 bits per heavy atom. The zero-order chi connectivity index (χ0) is 14.7. The molecule has 0 bridgehead atoms. The van der Waals surface area contributed by atoms with Gasteiger partial charge in [0.1, 0.15) is 5.75 Å². The van der Waals surface area contributed by atoms with E-state index in [1.165, 1.54) is 36.8 Å². The summed E-state index contributed by atoms with van der Waals surface area (Å²) in [5.74, 6) is 1.09.